The minimum atomic E-state index is -0.219. The Balaban J connectivity index is 1.51. The molecular formula is C20H29BrN2O4. The van der Waals surface area contributed by atoms with E-state index in [-0.39, 0.29) is 23.3 Å². The molecule has 0 bridgehead atoms. The number of amides is 1. The van der Waals surface area contributed by atoms with Gasteiger partial charge in [-0.2, -0.15) is 0 Å². The van der Waals surface area contributed by atoms with Crippen molar-refractivity contribution in [3.8, 4) is 0 Å². The number of hydrogen-bond donors (Lipinski definition) is 1. The monoisotopic (exact) mass is 440 g/mol. The van der Waals surface area contributed by atoms with Crippen LogP contribution in [0.15, 0.2) is 15.3 Å². The first-order chi connectivity index (χ1) is 13.0. The first-order valence-electron chi connectivity index (χ1n) is 10.0. The third kappa shape index (κ3) is 5.41. The molecule has 7 heteroatoms. The summed E-state index contributed by atoms with van der Waals surface area (Å²) in [6.45, 7) is 3.42. The van der Waals surface area contributed by atoms with E-state index in [0.717, 1.165) is 58.2 Å². The number of ketones is 1. The van der Waals surface area contributed by atoms with Gasteiger partial charge in [0.05, 0.1) is 6.20 Å². The Morgan fingerprint density at radius 1 is 1.33 bits per heavy atom. The van der Waals surface area contributed by atoms with Crippen LogP contribution >= 0.6 is 15.9 Å². The van der Waals surface area contributed by atoms with Gasteiger partial charge in [0.15, 0.2) is 4.67 Å². The van der Waals surface area contributed by atoms with Crippen molar-refractivity contribution in [3.05, 3.63) is 16.8 Å². The minimum Gasteiger partial charge on any atom is -0.432 e. The lowest BCUT2D eigenvalue weighted by Crippen LogP contribution is -2.33. The van der Waals surface area contributed by atoms with Crippen LogP contribution in [0.1, 0.15) is 76.6 Å². The number of ether oxygens (including phenoxy) is 1. The molecule has 1 aliphatic carbocycles. The van der Waals surface area contributed by atoms with E-state index in [1.54, 1.807) is 6.20 Å². The van der Waals surface area contributed by atoms with Crippen molar-refractivity contribution in [2.45, 2.75) is 70.8 Å². The molecule has 2 aliphatic rings. The lowest BCUT2D eigenvalue weighted by molar-refractivity contribution is -0.124. The first-order valence-corrected chi connectivity index (χ1v) is 10.8. The highest BCUT2D eigenvalue weighted by Crippen LogP contribution is 2.59. The number of halogens is 1. The topological polar surface area (TPSA) is 81.4 Å². The molecule has 2 fully saturated rings. The fraction of sp³-hybridized carbons (Fsp3) is 0.750. The molecule has 1 aromatic heterocycles. The number of hydrogen-bond acceptors (Lipinski definition) is 5. The van der Waals surface area contributed by atoms with E-state index >= 15 is 0 Å². The van der Waals surface area contributed by atoms with Crippen molar-refractivity contribution in [1.82, 2.24) is 10.3 Å². The molecule has 27 heavy (non-hydrogen) atoms. The number of nitrogens with zero attached hydrogens (tertiary/aromatic N) is 1. The highest BCUT2D eigenvalue weighted by atomic mass is 79.9. The fourth-order valence-corrected chi connectivity index (χ4v) is 4.30. The van der Waals surface area contributed by atoms with Crippen LogP contribution in [0.4, 0.5) is 0 Å². The maximum Gasteiger partial charge on any atom is 0.224 e. The van der Waals surface area contributed by atoms with Crippen LogP contribution < -0.4 is 5.32 Å². The summed E-state index contributed by atoms with van der Waals surface area (Å²) in [5.74, 6) is 1.05. The fourth-order valence-electron chi connectivity index (χ4n) is 4.03. The Labute approximate surface area is 168 Å². The average molecular weight is 441 g/mol. The second-order valence-electron chi connectivity index (χ2n) is 7.79. The quantitative estimate of drug-likeness (QED) is 0.547. The number of rotatable bonds is 10. The van der Waals surface area contributed by atoms with E-state index in [9.17, 15) is 9.59 Å². The van der Waals surface area contributed by atoms with Gasteiger partial charge in [-0.3, -0.25) is 9.59 Å². The van der Waals surface area contributed by atoms with Gasteiger partial charge in [0.2, 0.25) is 11.8 Å². The Hall–Kier alpha value is -1.21. The van der Waals surface area contributed by atoms with Gasteiger partial charge in [-0.15, -0.1) is 0 Å². The van der Waals surface area contributed by atoms with Crippen LogP contribution in [0, 0.1) is 11.3 Å². The highest BCUT2D eigenvalue weighted by Gasteiger charge is 2.58. The van der Waals surface area contributed by atoms with Crippen LogP contribution in [0.2, 0.25) is 0 Å². The molecule has 1 amide bonds. The third-order valence-corrected chi connectivity index (χ3v) is 6.31. The molecule has 1 aliphatic heterocycles. The molecule has 2 atom stereocenters. The summed E-state index contributed by atoms with van der Waals surface area (Å²) in [6.07, 6.45) is 9.33. The largest absolute Gasteiger partial charge is 0.432 e. The number of Topliss-reactive ketones (excluding diaryl/α,β-unsaturated/α-hetero) is 1. The maximum atomic E-state index is 12.8. The van der Waals surface area contributed by atoms with Gasteiger partial charge in [0.1, 0.15) is 11.8 Å². The number of aromatic nitrogens is 1. The molecular weight excluding hydrogens is 412 g/mol. The molecule has 1 N–H and O–H groups in total. The van der Waals surface area contributed by atoms with Crippen LogP contribution in [-0.2, 0) is 14.3 Å². The highest BCUT2D eigenvalue weighted by molar-refractivity contribution is 9.10. The first kappa shape index (κ1) is 20.5. The zero-order valence-electron chi connectivity index (χ0n) is 16.0. The summed E-state index contributed by atoms with van der Waals surface area (Å²) in [5, 5.41) is 3.17. The van der Waals surface area contributed by atoms with Crippen molar-refractivity contribution in [2.75, 3.05) is 13.2 Å². The van der Waals surface area contributed by atoms with Crippen LogP contribution in [0.25, 0.3) is 0 Å². The smallest absolute Gasteiger partial charge is 0.224 e. The lowest BCUT2D eigenvalue weighted by Gasteiger charge is -2.23. The molecule has 3 rings (SSSR count). The Bertz CT molecular complexity index is 654. The summed E-state index contributed by atoms with van der Waals surface area (Å²) in [7, 11) is 0. The van der Waals surface area contributed by atoms with E-state index in [4.69, 9.17) is 9.15 Å². The number of nitrogens with one attached hydrogen (secondary N) is 1. The van der Waals surface area contributed by atoms with Crippen LogP contribution in [-0.4, -0.2) is 29.9 Å². The van der Waals surface area contributed by atoms with E-state index in [0.29, 0.717) is 29.2 Å². The van der Waals surface area contributed by atoms with Gasteiger partial charge in [0.25, 0.3) is 0 Å². The molecule has 0 radical (unpaired) electrons. The zero-order valence-corrected chi connectivity index (χ0v) is 17.6. The van der Waals surface area contributed by atoms with Crippen LogP contribution in [0.5, 0.6) is 0 Å². The second kappa shape index (κ2) is 9.32. The van der Waals surface area contributed by atoms with Crippen molar-refractivity contribution < 1.29 is 18.7 Å². The van der Waals surface area contributed by atoms with E-state index in [2.05, 4.69) is 26.2 Å². The molecule has 1 saturated heterocycles. The van der Waals surface area contributed by atoms with E-state index < -0.39 is 0 Å². The second-order valence-corrected chi connectivity index (χ2v) is 8.57. The van der Waals surface area contributed by atoms with Gasteiger partial charge >= 0.3 is 0 Å². The molecule has 1 spiro atoms. The molecule has 6 nitrogen and oxygen atoms in total. The Morgan fingerprint density at radius 3 is 2.78 bits per heavy atom. The predicted molar refractivity (Wildman–Crippen MR) is 104 cm³/mol. The van der Waals surface area contributed by atoms with Crippen molar-refractivity contribution in [3.63, 3.8) is 0 Å². The summed E-state index contributed by atoms with van der Waals surface area (Å²) in [4.78, 5) is 28.5. The summed E-state index contributed by atoms with van der Waals surface area (Å²) in [6, 6.07) is -0.219. The van der Waals surface area contributed by atoms with Crippen LogP contribution in [0.3, 0.4) is 0 Å². The lowest BCUT2D eigenvalue weighted by atomic mass is 9.93. The van der Waals surface area contributed by atoms with Gasteiger partial charge < -0.3 is 14.5 Å². The molecule has 1 aromatic rings. The SMILES string of the molecule is CCC(=O)CCCCCC(NC(=O)C1CC12CCOCC2)c1ncc(Br)o1. The average Bonchev–Trinajstić information content (AvgIpc) is 3.17. The number of carbonyl (C=O) groups is 2. The molecule has 150 valence electrons. The Morgan fingerprint density at radius 2 is 2.11 bits per heavy atom. The number of oxazole rings is 1. The van der Waals surface area contributed by atoms with E-state index in [1.807, 2.05) is 6.92 Å². The van der Waals surface area contributed by atoms with Crippen molar-refractivity contribution >= 4 is 27.6 Å². The molecule has 1 saturated carbocycles. The summed E-state index contributed by atoms with van der Waals surface area (Å²) < 4.78 is 11.6. The molecule has 2 unspecified atom stereocenters. The third-order valence-electron chi connectivity index (χ3n) is 5.95. The van der Waals surface area contributed by atoms with Crippen molar-refractivity contribution in [1.29, 1.82) is 0 Å². The summed E-state index contributed by atoms with van der Waals surface area (Å²) >= 11 is 3.29. The predicted octanol–water partition coefficient (Wildman–Crippen LogP) is 4.34. The summed E-state index contributed by atoms with van der Waals surface area (Å²) in [5.41, 5.74) is 0.157. The zero-order chi connectivity index (χ0) is 19.3. The van der Waals surface area contributed by atoms with Gasteiger partial charge in [-0.1, -0.05) is 19.8 Å². The van der Waals surface area contributed by atoms with Gasteiger partial charge in [-0.05, 0) is 53.4 Å². The molecule has 2 heterocycles. The normalized spacial score (nSPS) is 21.8. The number of carbonyl (C=O) groups excluding carboxylic acids is 2. The van der Waals surface area contributed by atoms with E-state index in [1.165, 1.54) is 0 Å². The minimum absolute atomic E-state index is 0.0875. The van der Waals surface area contributed by atoms with Gasteiger partial charge in [0, 0.05) is 32.0 Å². The van der Waals surface area contributed by atoms with Gasteiger partial charge in [-0.25, -0.2) is 4.98 Å². The maximum absolute atomic E-state index is 12.8. The number of unbranched alkanes of at least 4 members (excludes halogenated alkanes) is 2. The van der Waals surface area contributed by atoms with Crippen molar-refractivity contribution in [2.24, 2.45) is 11.3 Å². The standard InChI is InChI=1S/C20H29BrN2O4/c1-2-14(24)6-4-3-5-7-16(19-22-13-17(21)27-19)23-18(25)15-12-20(15)8-10-26-11-9-20/h13,15-16H,2-12H2,1H3,(H,23,25). The molecule has 0 aromatic carbocycles. The Kier molecular flexibility index (Phi) is 7.09.